The van der Waals surface area contributed by atoms with E-state index in [1.165, 1.54) is 7.11 Å². The predicted molar refractivity (Wildman–Crippen MR) is 83.2 cm³/mol. The van der Waals surface area contributed by atoms with Crippen molar-refractivity contribution in [3.8, 4) is 0 Å². The van der Waals surface area contributed by atoms with Gasteiger partial charge in [-0.3, -0.25) is 19.8 Å². The van der Waals surface area contributed by atoms with Crippen LogP contribution in [0.1, 0.15) is 31.7 Å². The molecule has 0 bridgehead atoms. The Hall–Kier alpha value is -2.90. The lowest BCUT2D eigenvalue weighted by Gasteiger charge is -2.22. The molecule has 1 aromatic carbocycles. The topological polar surface area (TPSA) is 105 Å². The van der Waals surface area contributed by atoms with E-state index in [1.807, 2.05) is 0 Å². The fraction of sp³-hybridized carbons (Fsp3) is 0.375. The summed E-state index contributed by atoms with van der Waals surface area (Å²) in [5.74, 6) is -1.52. The maximum Gasteiger partial charge on any atom is 0.344 e. The highest BCUT2D eigenvalue weighted by Gasteiger charge is 2.49. The van der Waals surface area contributed by atoms with E-state index in [0.717, 1.165) is 0 Å². The van der Waals surface area contributed by atoms with E-state index in [0.29, 0.717) is 10.6 Å². The number of rotatable bonds is 6. The molecule has 0 radical (unpaired) electrons. The number of benzene rings is 1. The molecule has 4 amide bonds. The number of urea groups is 1. The van der Waals surface area contributed by atoms with Crippen LogP contribution in [0.25, 0.3) is 0 Å². The van der Waals surface area contributed by atoms with Crippen molar-refractivity contribution < 1.29 is 23.9 Å². The second-order valence-corrected chi connectivity index (χ2v) is 5.53. The van der Waals surface area contributed by atoms with E-state index in [-0.39, 0.29) is 19.3 Å². The Morgan fingerprint density at radius 2 is 1.88 bits per heavy atom. The summed E-state index contributed by atoms with van der Waals surface area (Å²) < 4.78 is 4.48. The first-order valence-electron chi connectivity index (χ1n) is 7.47. The van der Waals surface area contributed by atoms with Gasteiger partial charge in [-0.15, -0.1) is 0 Å². The van der Waals surface area contributed by atoms with Crippen molar-refractivity contribution in [1.82, 2.24) is 15.8 Å². The fourth-order valence-corrected chi connectivity index (χ4v) is 2.38. The van der Waals surface area contributed by atoms with Crippen LogP contribution in [0, 0.1) is 0 Å². The van der Waals surface area contributed by atoms with Crippen LogP contribution in [0.4, 0.5) is 4.79 Å². The van der Waals surface area contributed by atoms with Crippen molar-refractivity contribution in [3.63, 3.8) is 0 Å². The quantitative estimate of drug-likeness (QED) is 0.592. The van der Waals surface area contributed by atoms with E-state index in [2.05, 4.69) is 15.5 Å². The number of carbonyl (C=O) groups excluding carboxylic acids is 4. The second-order valence-electron chi connectivity index (χ2n) is 5.53. The predicted octanol–water partition coefficient (Wildman–Crippen LogP) is 0.828. The van der Waals surface area contributed by atoms with Crippen molar-refractivity contribution >= 4 is 23.8 Å². The van der Waals surface area contributed by atoms with Crippen LogP contribution in [0.5, 0.6) is 0 Å². The summed E-state index contributed by atoms with van der Waals surface area (Å²) >= 11 is 0. The zero-order valence-electron chi connectivity index (χ0n) is 13.5. The lowest BCUT2D eigenvalue weighted by Crippen LogP contribution is -2.47. The molecule has 0 spiro atoms. The molecule has 24 heavy (non-hydrogen) atoms. The van der Waals surface area contributed by atoms with Gasteiger partial charge in [0.15, 0.2) is 0 Å². The van der Waals surface area contributed by atoms with E-state index in [9.17, 15) is 19.2 Å². The number of hydrogen-bond acceptors (Lipinski definition) is 5. The first-order chi connectivity index (χ1) is 11.4. The second kappa shape index (κ2) is 7.12. The fourth-order valence-electron chi connectivity index (χ4n) is 2.38. The van der Waals surface area contributed by atoms with Gasteiger partial charge in [0.1, 0.15) is 5.54 Å². The SMILES string of the molecule is COC(=O)CCCC(=O)NN1C(=O)NC(C)(c2ccccc2)C1=O. The molecule has 2 rings (SSSR count). The molecular weight excluding hydrogens is 314 g/mol. The molecule has 1 atom stereocenters. The van der Waals surface area contributed by atoms with Crippen molar-refractivity contribution in [2.45, 2.75) is 31.7 Å². The molecule has 1 saturated heterocycles. The standard InChI is InChI=1S/C16H19N3O5/c1-16(11-7-4-3-5-8-11)14(22)19(15(23)17-16)18-12(20)9-6-10-13(21)24-2/h3-5,7-8H,6,9-10H2,1-2H3,(H,17,23)(H,18,20). The largest absolute Gasteiger partial charge is 0.469 e. The van der Waals surface area contributed by atoms with Crippen LogP contribution in [0.3, 0.4) is 0 Å². The minimum Gasteiger partial charge on any atom is -0.469 e. The van der Waals surface area contributed by atoms with Gasteiger partial charge >= 0.3 is 12.0 Å². The van der Waals surface area contributed by atoms with Crippen molar-refractivity contribution in [1.29, 1.82) is 0 Å². The minimum absolute atomic E-state index is 0.00574. The third-order valence-electron chi connectivity index (χ3n) is 3.79. The first-order valence-corrected chi connectivity index (χ1v) is 7.47. The number of imide groups is 1. The molecule has 1 aliphatic rings. The van der Waals surface area contributed by atoms with Crippen molar-refractivity contribution in [2.24, 2.45) is 0 Å². The molecule has 8 heteroatoms. The molecule has 0 saturated carbocycles. The molecule has 1 heterocycles. The van der Waals surface area contributed by atoms with Crippen LogP contribution < -0.4 is 10.7 Å². The number of ether oxygens (including phenoxy) is 1. The third kappa shape index (κ3) is 3.53. The Balaban J connectivity index is 1.99. The molecule has 0 aromatic heterocycles. The van der Waals surface area contributed by atoms with Crippen LogP contribution in [-0.2, 0) is 24.7 Å². The minimum atomic E-state index is -1.24. The Kier molecular flexibility index (Phi) is 5.18. The zero-order chi connectivity index (χ0) is 17.7. The van der Waals surface area contributed by atoms with Gasteiger partial charge in [-0.05, 0) is 18.9 Å². The Labute approximate surface area is 139 Å². The number of carbonyl (C=O) groups is 4. The van der Waals surface area contributed by atoms with E-state index >= 15 is 0 Å². The highest BCUT2D eigenvalue weighted by atomic mass is 16.5. The molecular formula is C16H19N3O5. The third-order valence-corrected chi connectivity index (χ3v) is 3.79. The van der Waals surface area contributed by atoms with Gasteiger partial charge in [0.05, 0.1) is 7.11 Å². The van der Waals surface area contributed by atoms with E-state index in [4.69, 9.17) is 0 Å². The molecule has 2 N–H and O–H groups in total. The average Bonchev–Trinajstić information content (AvgIpc) is 2.79. The molecule has 8 nitrogen and oxygen atoms in total. The normalized spacial score (nSPS) is 19.8. The summed E-state index contributed by atoms with van der Waals surface area (Å²) in [6.45, 7) is 1.58. The van der Waals surface area contributed by atoms with Gasteiger partial charge in [0.25, 0.3) is 5.91 Å². The summed E-state index contributed by atoms with van der Waals surface area (Å²) in [7, 11) is 1.26. The van der Waals surface area contributed by atoms with Crippen LogP contribution in [0.15, 0.2) is 30.3 Å². The number of hydrogen-bond donors (Lipinski definition) is 2. The lowest BCUT2D eigenvalue weighted by molar-refractivity contribution is -0.141. The first kappa shape index (κ1) is 17.5. The van der Waals surface area contributed by atoms with Gasteiger partial charge < -0.3 is 10.1 Å². The molecule has 1 unspecified atom stereocenters. The van der Waals surface area contributed by atoms with Gasteiger partial charge in [0, 0.05) is 12.8 Å². The summed E-state index contributed by atoms with van der Waals surface area (Å²) in [5.41, 5.74) is 1.65. The summed E-state index contributed by atoms with van der Waals surface area (Å²) in [6, 6.07) is 8.06. The Bertz CT molecular complexity index is 661. The van der Waals surface area contributed by atoms with Gasteiger partial charge in [-0.25, -0.2) is 4.79 Å². The number of amides is 4. The highest BCUT2D eigenvalue weighted by molar-refractivity contribution is 6.08. The number of esters is 1. The monoisotopic (exact) mass is 333 g/mol. The average molecular weight is 333 g/mol. The molecule has 128 valence electrons. The van der Waals surface area contributed by atoms with Crippen molar-refractivity contribution in [2.75, 3.05) is 7.11 Å². The van der Waals surface area contributed by atoms with Gasteiger partial charge in [-0.2, -0.15) is 5.01 Å². The summed E-state index contributed by atoms with van der Waals surface area (Å²) in [5, 5.41) is 3.26. The zero-order valence-corrected chi connectivity index (χ0v) is 13.5. The Morgan fingerprint density at radius 1 is 1.21 bits per heavy atom. The van der Waals surface area contributed by atoms with Gasteiger partial charge in [0.2, 0.25) is 5.91 Å². The van der Waals surface area contributed by atoms with E-state index in [1.54, 1.807) is 37.3 Å². The summed E-state index contributed by atoms with van der Waals surface area (Å²) in [4.78, 5) is 47.5. The smallest absolute Gasteiger partial charge is 0.344 e. The number of nitrogens with one attached hydrogen (secondary N) is 2. The highest BCUT2D eigenvalue weighted by Crippen LogP contribution is 2.27. The van der Waals surface area contributed by atoms with Gasteiger partial charge in [-0.1, -0.05) is 30.3 Å². The van der Waals surface area contributed by atoms with Crippen LogP contribution in [-0.4, -0.2) is 35.9 Å². The summed E-state index contributed by atoms with van der Waals surface area (Å²) in [6.07, 6.45) is 0.345. The number of nitrogens with zero attached hydrogens (tertiary/aromatic N) is 1. The maximum atomic E-state index is 12.6. The number of hydrazine groups is 1. The van der Waals surface area contributed by atoms with Crippen LogP contribution in [0.2, 0.25) is 0 Å². The van der Waals surface area contributed by atoms with Crippen molar-refractivity contribution in [3.05, 3.63) is 35.9 Å². The molecule has 1 fully saturated rings. The maximum absolute atomic E-state index is 12.6. The number of methoxy groups -OCH3 is 1. The molecule has 1 aromatic rings. The van der Waals surface area contributed by atoms with E-state index < -0.39 is 29.4 Å². The molecule has 1 aliphatic heterocycles. The lowest BCUT2D eigenvalue weighted by atomic mass is 9.92. The Morgan fingerprint density at radius 3 is 2.50 bits per heavy atom. The molecule has 0 aliphatic carbocycles. The van der Waals surface area contributed by atoms with Crippen LogP contribution >= 0.6 is 0 Å².